The van der Waals surface area contributed by atoms with E-state index in [2.05, 4.69) is 25.5 Å². The second kappa shape index (κ2) is 6.04. The van der Waals surface area contributed by atoms with E-state index in [-0.39, 0.29) is 5.97 Å². The van der Waals surface area contributed by atoms with Crippen LogP contribution in [-0.4, -0.2) is 13.1 Å². The molecule has 0 fully saturated rings. The Morgan fingerprint density at radius 2 is 1.92 bits per heavy atom. The van der Waals surface area contributed by atoms with E-state index in [0.717, 1.165) is 12.8 Å². The van der Waals surface area contributed by atoms with Crippen LogP contribution in [0.4, 0.5) is 0 Å². The van der Waals surface area contributed by atoms with Crippen LogP contribution in [0.15, 0.2) is 0 Å². The van der Waals surface area contributed by atoms with Gasteiger partial charge in [0.25, 0.3) is 0 Å². The van der Waals surface area contributed by atoms with Gasteiger partial charge in [0.15, 0.2) is 0 Å². The first-order chi connectivity index (χ1) is 5.57. The van der Waals surface area contributed by atoms with Gasteiger partial charge in [-0.15, -0.1) is 0 Å². The molecule has 72 valence electrons. The molecule has 0 rings (SSSR count). The van der Waals surface area contributed by atoms with E-state index in [4.69, 9.17) is 0 Å². The van der Waals surface area contributed by atoms with Gasteiger partial charge in [0.2, 0.25) is 0 Å². The molecule has 0 aromatic carbocycles. The van der Waals surface area contributed by atoms with E-state index >= 15 is 0 Å². The zero-order valence-corrected chi connectivity index (χ0v) is 8.59. The van der Waals surface area contributed by atoms with E-state index in [1.165, 1.54) is 7.11 Å². The van der Waals surface area contributed by atoms with Crippen molar-refractivity contribution in [3.05, 3.63) is 0 Å². The topological polar surface area (TPSA) is 26.3 Å². The summed E-state index contributed by atoms with van der Waals surface area (Å²) in [5.74, 6) is 1.32. The maximum absolute atomic E-state index is 10.7. The van der Waals surface area contributed by atoms with Crippen LogP contribution in [0.2, 0.25) is 0 Å². The first-order valence-corrected chi connectivity index (χ1v) is 4.64. The number of methoxy groups -OCH3 is 1. The zero-order chi connectivity index (χ0) is 9.56. The van der Waals surface area contributed by atoms with Crippen molar-refractivity contribution in [2.75, 3.05) is 7.11 Å². The Labute approximate surface area is 75.3 Å². The predicted octanol–water partition coefficient (Wildman–Crippen LogP) is 2.62. The van der Waals surface area contributed by atoms with Gasteiger partial charge in [0.1, 0.15) is 0 Å². The maximum atomic E-state index is 10.7. The van der Waals surface area contributed by atoms with Crippen LogP contribution in [0.25, 0.3) is 0 Å². The molecule has 0 N–H and O–H groups in total. The van der Waals surface area contributed by atoms with Crippen LogP contribution in [0.5, 0.6) is 0 Å². The van der Waals surface area contributed by atoms with Crippen LogP contribution >= 0.6 is 0 Å². The fourth-order valence-corrected chi connectivity index (χ4v) is 1.00. The molecule has 0 bridgehead atoms. The second-order valence-corrected chi connectivity index (χ2v) is 3.69. The van der Waals surface area contributed by atoms with Crippen molar-refractivity contribution < 1.29 is 9.53 Å². The molecule has 0 aliphatic rings. The summed E-state index contributed by atoms with van der Waals surface area (Å²) in [6.45, 7) is 6.65. The summed E-state index contributed by atoms with van der Waals surface area (Å²) in [5, 5.41) is 0. The van der Waals surface area contributed by atoms with Gasteiger partial charge in [-0.2, -0.15) is 0 Å². The summed E-state index contributed by atoms with van der Waals surface area (Å²) in [4.78, 5) is 10.7. The zero-order valence-electron chi connectivity index (χ0n) is 8.59. The molecule has 0 amide bonds. The van der Waals surface area contributed by atoms with Gasteiger partial charge in [-0.1, -0.05) is 20.8 Å². The summed E-state index contributed by atoms with van der Waals surface area (Å²) in [6, 6.07) is 0. The van der Waals surface area contributed by atoms with Crippen LogP contribution in [0, 0.1) is 11.8 Å². The summed E-state index contributed by atoms with van der Waals surface area (Å²) in [7, 11) is 1.44. The highest BCUT2D eigenvalue weighted by atomic mass is 16.5. The SMILES string of the molecule is COC(=O)CCC[C@H](C)C(C)C. The minimum absolute atomic E-state index is 0.0917. The smallest absolute Gasteiger partial charge is 0.305 e. The third-order valence-corrected chi connectivity index (χ3v) is 2.41. The number of rotatable bonds is 5. The molecule has 0 saturated heterocycles. The highest BCUT2D eigenvalue weighted by molar-refractivity contribution is 5.68. The summed E-state index contributed by atoms with van der Waals surface area (Å²) in [5.41, 5.74) is 0. The van der Waals surface area contributed by atoms with E-state index in [9.17, 15) is 4.79 Å². The molecule has 0 aromatic rings. The molecule has 0 aliphatic heterocycles. The van der Waals surface area contributed by atoms with Crippen molar-refractivity contribution in [3.63, 3.8) is 0 Å². The average Bonchev–Trinajstić information content (AvgIpc) is 2.03. The molecule has 0 heterocycles. The molecule has 0 aliphatic carbocycles. The van der Waals surface area contributed by atoms with Gasteiger partial charge in [0, 0.05) is 6.42 Å². The molecular weight excluding hydrogens is 152 g/mol. The highest BCUT2D eigenvalue weighted by Crippen LogP contribution is 2.16. The predicted molar refractivity (Wildman–Crippen MR) is 49.9 cm³/mol. The Kier molecular flexibility index (Phi) is 5.77. The minimum Gasteiger partial charge on any atom is -0.469 e. The van der Waals surface area contributed by atoms with E-state index in [1.54, 1.807) is 0 Å². The third-order valence-electron chi connectivity index (χ3n) is 2.41. The Hall–Kier alpha value is -0.530. The fraction of sp³-hybridized carbons (Fsp3) is 0.900. The highest BCUT2D eigenvalue weighted by Gasteiger charge is 2.07. The van der Waals surface area contributed by atoms with Crippen LogP contribution in [-0.2, 0) is 9.53 Å². The summed E-state index contributed by atoms with van der Waals surface area (Å²) < 4.78 is 4.55. The van der Waals surface area contributed by atoms with Crippen LogP contribution in [0.1, 0.15) is 40.0 Å². The van der Waals surface area contributed by atoms with Crippen molar-refractivity contribution in [2.45, 2.75) is 40.0 Å². The fourth-order valence-electron chi connectivity index (χ4n) is 1.00. The number of ether oxygens (including phenoxy) is 1. The average molecular weight is 172 g/mol. The lowest BCUT2D eigenvalue weighted by Gasteiger charge is -2.14. The molecule has 0 spiro atoms. The number of hydrogen-bond acceptors (Lipinski definition) is 2. The quantitative estimate of drug-likeness (QED) is 0.596. The maximum Gasteiger partial charge on any atom is 0.305 e. The lowest BCUT2D eigenvalue weighted by Crippen LogP contribution is -2.06. The molecule has 0 unspecified atom stereocenters. The normalized spacial score (nSPS) is 13.1. The number of hydrogen-bond donors (Lipinski definition) is 0. The first-order valence-electron chi connectivity index (χ1n) is 4.64. The third kappa shape index (κ3) is 5.16. The number of carbonyl (C=O) groups is 1. The molecule has 2 heteroatoms. The van der Waals surface area contributed by atoms with Crippen LogP contribution in [0.3, 0.4) is 0 Å². The molecular formula is C10H20O2. The summed E-state index contributed by atoms with van der Waals surface area (Å²) >= 11 is 0. The number of esters is 1. The van der Waals surface area contributed by atoms with Gasteiger partial charge in [-0.05, 0) is 24.7 Å². The lowest BCUT2D eigenvalue weighted by molar-refractivity contribution is -0.140. The monoisotopic (exact) mass is 172 g/mol. The molecule has 12 heavy (non-hydrogen) atoms. The Morgan fingerprint density at radius 3 is 2.33 bits per heavy atom. The molecule has 2 nitrogen and oxygen atoms in total. The van der Waals surface area contributed by atoms with Gasteiger partial charge in [0.05, 0.1) is 7.11 Å². The van der Waals surface area contributed by atoms with Crippen molar-refractivity contribution >= 4 is 5.97 Å². The largest absolute Gasteiger partial charge is 0.469 e. The summed E-state index contributed by atoms with van der Waals surface area (Å²) in [6.07, 6.45) is 2.63. The van der Waals surface area contributed by atoms with Crippen molar-refractivity contribution in [1.82, 2.24) is 0 Å². The van der Waals surface area contributed by atoms with E-state index < -0.39 is 0 Å². The molecule has 0 aromatic heterocycles. The Bertz CT molecular complexity index is 130. The minimum atomic E-state index is -0.0917. The van der Waals surface area contributed by atoms with Gasteiger partial charge in [-0.25, -0.2) is 0 Å². The Balaban J connectivity index is 3.37. The molecule has 0 saturated carbocycles. The lowest BCUT2D eigenvalue weighted by atomic mass is 9.93. The van der Waals surface area contributed by atoms with Crippen molar-refractivity contribution in [1.29, 1.82) is 0 Å². The first kappa shape index (κ1) is 11.5. The van der Waals surface area contributed by atoms with E-state index in [1.807, 2.05) is 0 Å². The Morgan fingerprint density at radius 1 is 1.33 bits per heavy atom. The molecule has 0 radical (unpaired) electrons. The molecule has 1 atom stereocenters. The van der Waals surface area contributed by atoms with Crippen molar-refractivity contribution in [3.8, 4) is 0 Å². The van der Waals surface area contributed by atoms with Gasteiger partial charge < -0.3 is 4.74 Å². The number of carbonyl (C=O) groups excluding carboxylic acids is 1. The van der Waals surface area contributed by atoms with Crippen LogP contribution < -0.4 is 0 Å². The van der Waals surface area contributed by atoms with Crippen molar-refractivity contribution in [2.24, 2.45) is 11.8 Å². The van der Waals surface area contributed by atoms with Gasteiger partial charge >= 0.3 is 5.97 Å². The standard InChI is InChI=1S/C10H20O2/c1-8(2)9(3)6-5-7-10(11)12-4/h8-9H,5-7H2,1-4H3/t9-/m0/s1. The van der Waals surface area contributed by atoms with Gasteiger partial charge in [-0.3, -0.25) is 4.79 Å². The second-order valence-electron chi connectivity index (χ2n) is 3.69. The van der Waals surface area contributed by atoms with E-state index in [0.29, 0.717) is 18.3 Å².